The van der Waals surface area contributed by atoms with Gasteiger partial charge in [0.15, 0.2) is 5.96 Å². The van der Waals surface area contributed by atoms with E-state index in [0.29, 0.717) is 11.9 Å². The van der Waals surface area contributed by atoms with Gasteiger partial charge in [-0.3, -0.25) is 4.99 Å². The second-order valence-electron chi connectivity index (χ2n) is 4.56. The maximum Gasteiger partial charge on any atom is 0.189 e. The number of hydrogen-bond donors (Lipinski definition) is 2. The van der Waals surface area contributed by atoms with Crippen LogP contribution in [0.2, 0.25) is 0 Å². The molecule has 0 radical (unpaired) electrons. The predicted molar refractivity (Wildman–Crippen MR) is 79.8 cm³/mol. The molecule has 3 N–H and O–H groups in total. The summed E-state index contributed by atoms with van der Waals surface area (Å²) in [5, 5.41) is 3.06. The van der Waals surface area contributed by atoms with Crippen molar-refractivity contribution in [3.05, 3.63) is 0 Å². The fourth-order valence-corrected chi connectivity index (χ4v) is 1.51. The minimum atomic E-state index is -0.0184. The van der Waals surface area contributed by atoms with Gasteiger partial charge in [0.2, 0.25) is 0 Å². The summed E-state index contributed by atoms with van der Waals surface area (Å²) in [7, 11) is 0. The Labute approximate surface area is 116 Å². The van der Waals surface area contributed by atoms with Gasteiger partial charge in [0.05, 0.1) is 6.04 Å². The van der Waals surface area contributed by atoms with Gasteiger partial charge in [0.1, 0.15) is 0 Å². The smallest absolute Gasteiger partial charge is 0.189 e. The number of hydrogen-bond acceptors (Lipinski definition) is 1. The molecule has 0 aromatic rings. The average molecular weight is 335 g/mol. The molecule has 0 aromatic heterocycles. The van der Waals surface area contributed by atoms with Crippen LogP contribution in [0.5, 0.6) is 0 Å². The molecule has 1 unspecified atom stereocenters. The lowest BCUT2D eigenvalue weighted by Gasteiger charge is -2.23. The molecule has 1 saturated carbocycles. The lowest BCUT2D eigenvalue weighted by molar-refractivity contribution is 0.326. The van der Waals surface area contributed by atoms with Crippen molar-refractivity contribution < 1.29 is 0 Å². The first-order valence-electron chi connectivity index (χ1n) is 5.66. The topological polar surface area (TPSA) is 50.4 Å². The van der Waals surface area contributed by atoms with Crippen LogP contribution in [0.1, 0.15) is 33.1 Å². The first kappa shape index (κ1) is 15.6. The molecule has 1 aliphatic carbocycles. The molecule has 16 heavy (non-hydrogen) atoms. The van der Waals surface area contributed by atoms with Gasteiger partial charge in [-0.25, -0.2) is 0 Å². The molecule has 0 amide bonds. The first-order valence-corrected chi connectivity index (χ1v) is 5.66. The maximum atomic E-state index is 5.76. The number of guanidine groups is 1. The van der Waals surface area contributed by atoms with E-state index in [1.54, 1.807) is 0 Å². The summed E-state index contributed by atoms with van der Waals surface area (Å²) in [6.45, 7) is 4.97. The SMILES string of the molecule is C#CC(NC(N)=NCC1CCC1)C(C)C.I. The summed E-state index contributed by atoms with van der Waals surface area (Å²) in [5.74, 6) is 4.27. The molecule has 1 atom stereocenters. The Kier molecular flexibility index (Phi) is 7.56. The van der Waals surface area contributed by atoms with Gasteiger partial charge in [-0.2, -0.15) is 0 Å². The Bertz CT molecular complexity index is 264. The van der Waals surface area contributed by atoms with Gasteiger partial charge in [0, 0.05) is 6.54 Å². The Morgan fingerprint density at radius 3 is 2.56 bits per heavy atom. The zero-order chi connectivity index (χ0) is 11.3. The lowest BCUT2D eigenvalue weighted by Crippen LogP contribution is -2.42. The van der Waals surface area contributed by atoms with Crippen LogP contribution in [-0.2, 0) is 0 Å². The van der Waals surface area contributed by atoms with Gasteiger partial charge in [-0.1, -0.05) is 26.2 Å². The number of nitrogens with zero attached hydrogens (tertiary/aromatic N) is 1. The number of rotatable bonds is 4. The van der Waals surface area contributed by atoms with Crippen LogP contribution in [0.3, 0.4) is 0 Å². The molecule has 0 aromatic carbocycles. The summed E-state index contributed by atoms with van der Waals surface area (Å²) in [6, 6.07) is -0.0184. The summed E-state index contributed by atoms with van der Waals surface area (Å²) >= 11 is 0. The number of nitrogens with two attached hydrogens (primary N) is 1. The minimum absolute atomic E-state index is 0. The fourth-order valence-electron chi connectivity index (χ4n) is 1.51. The van der Waals surface area contributed by atoms with Crippen molar-refractivity contribution in [2.24, 2.45) is 22.6 Å². The van der Waals surface area contributed by atoms with Crippen molar-refractivity contribution >= 4 is 29.9 Å². The molecule has 1 fully saturated rings. The summed E-state index contributed by atoms with van der Waals surface area (Å²) in [5.41, 5.74) is 5.76. The molecule has 0 heterocycles. The second kappa shape index (κ2) is 7.77. The molecular weight excluding hydrogens is 313 g/mol. The van der Waals surface area contributed by atoms with Gasteiger partial charge in [0.25, 0.3) is 0 Å². The van der Waals surface area contributed by atoms with E-state index >= 15 is 0 Å². The van der Waals surface area contributed by atoms with Crippen LogP contribution in [-0.4, -0.2) is 18.5 Å². The Balaban J connectivity index is 0.00000225. The minimum Gasteiger partial charge on any atom is -0.370 e. The zero-order valence-electron chi connectivity index (χ0n) is 10.1. The summed E-state index contributed by atoms with van der Waals surface area (Å²) in [6.07, 6.45) is 9.31. The van der Waals surface area contributed by atoms with E-state index in [1.807, 2.05) is 0 Å². The highest BCUT2D eigenvalue weighted by molar-refractivity contribution is 14.0. The van der Waals surface area contributed by atoms with E-state index in [-0.39, 0.29) is 30.0 Å². The highest BCUT2D eigenvalue weighted by Gasteiger charge is 2.17. The van der Waals surface area contributed by atoms with Gasteiger partial charge in [-0.05, 0) is 24.7 Å². The van der Waals surface area contributed by atoms with Crippen LogP contribution in [0.4, 0.5) is 0 Å². The van der Waals surface area contributed by atoms with Crippen molar-refractivity contribution in [1.29, 1.82) is 0 Å². The first-order chi connectivity index (χ1) is 7.13. The van der Waals surface area contributed by atoms with E-state index in [1.165, 1.54) is 19.3 Å². The van der Waals surface area contributed by atoms with E-state index < -0.39 is 0 Å². The van der Waals surface area contributed by atoms with Crippen molar-refractivity contribution in [3.8, 4) is 12.3 Å². The fraction of sp³-hybridized carbons (Fsp3) is 0.750. The Morgan fingerprint density at radius 1 is 1.56 bits per heavy atom. The quantitative estimate of drug-likeness (QED) is 0.357. The lowest BCUT2D eigenvalue weighted by atomic mass is 9.86. The molecular formula is C12H22IN3. The van der Waals surface area contributed by atoms with E-state index in [2.05, 4.69) is 30.1 Å². The zero-order valence-corrected chi connectivity index (χ0v) is 12.4. The average Bonchev–Trinajstić information content (AvgIpc) is 2.11. The monoisotopic (exact) mass is 335 g/mol. The Morgan fingerprint density at radius 2 is 2.19 bits per heavy atom. The van der Waals surface area contributed by atoms with Crippen LogP contribution in [0.25, 0.3) is 0 Å². The number of terminal acetylenes is 1. The van der Waals surface area contributed by atoms with Crippen LogP contribution < -0.4 is 11.1 Å². The Hall–Kier alpha value is -0.440. The van der Waals surface area contributed by atoms with Crippen LogP contribution in [0.15, 0.2) is 4.99 Å². The van der Waals surface area contributed by atoms with Crippen LogP contribution >= 0.6 is 24.0 Å². The molecule has 0 bridgehead atoms. The molecule has 3 nitrogen and oxygen atoms in total. The third kappa shape index (κ3) is 5.06. The molecule has 4 heteroatoms. The van der Waals surface area contributed by atoms with E-state index in [0.717, 1.165) is 12.5 Å². The molecule has 1 rings (SSSR count). The van der Waals surface area contributed by atoms with E-state index in [9.17, 15) is 0 Å². The normalized spacial score (nSPS) is 18.2. The predicted octanol–water partition coefficient (Wildman–Crippen LogP) is 1.97. The molecule has 0 saturated heterocycles. The highest BCUT2D eigenvalue weighted by atomic mass is 127. The summed E-state index contributed by atoms with van der Waals surface area (Å²) in [4.78, 5) is 4.30. The number of aliphatic imine (C=N–C) groups is 1. The second-order valence-corrected chi connectivity index (χ2v) is 4.56. The number of halogens is 1. The maximum absolute atomic E-state index is 5.76. The van der Waals surface area contributed by atoms with Crippen molar-refractivity contribution in [2.75, 3.05) is 6.54 Å². The van der Waals surface area contributed by atoms with Gasteiger partial charge >= 0.3 is 0 Å². The number of nitrogens with one attached hydrogen (secondary N) is 1. The van der Waals surface area contributed by atoms with Crippen LogP contribution in [0, 0.1) is 24.2 Å². The largest absolute Gasteiger partial charge is 0.370 e. The van der Waals surface area contributed by atoms with E-state index in [4.69, 9.17) is 12.2 Å². The molecule has 92 valence electrons. The molecule has 0 spiro atoms. The third-order valence-electron chi connectivity index (χ3n) is 2.89. The van der Waals surface area contributed by atoms with Crippen molar-refractivity contribution in [3.63, 3.8) is 0 Å². The van der Waals surface area contributed by atoms with Crippen molar-refractivity contribution in [1.82, 2.24) is 5.32 Å². The third-order valence-corrected chi connectivity index (χ3v) is 2.89. The van der Waals surface area contributed by atoms with Gasteiger partial charge in [-0.15, -0.1) is 30.4 Å². The molecule has 1 aliphatic rings. The summed E-state index contributed by atoms with van der Waals surface area (Å²) < 4.78 is 0. The standard InChI is InChI=1S/C12H21N3.HI/c1-4-11(9(2)3)15-12(13)14-8-10-6-5-7-10;/h1,9-11H,5-8H2,2-3H3,(H3,13,14,15);1H. The molecule has 0 aliphatic heterocycles. The van der Waals surface area contributed by atoms with Crippen molar-refractivity contribution in [2.45, 2.75) is 39.2 Å². The van der Waals surface area contributed by atoms with Gasteiger partial charge < -0.3 is 11.1 Å². The highest BCUT2D eigenvalue weighted by Crippen LogP contribution is 2.26.